The number of fused-ring (bicyclic) bond motifs is 1. The highest BCUT2D eigenvalue weighted by molar-refractivity contribution is 7.91. The SMILES string of the molecule is C=CCOc1c(OC)cccc1[C@H]1CC(=O)Nc2c(S(=O)(=O)c3ccccc3)csc21. The monoisotopic (exact) mass is 455 g/mol. The molecule has 2 aromatic carbocycles. The van der Waals surface area contributed by atoms with E-state index in [2.05, 4.69) is 11.9 Å². The predicted octanol–water partition coefficient (Wildman–Crippen LogP) is 4.63. The summed E-state index contributed by atoms with van der Waals surface area (Å²) in [7, 11) is -2.23. The van der Waals surface area contributed by atoms with Gasteiger partial charge in [-0.1, -0.05) is 43.0 Å². The topological polar surface area (TPSA) is 81.7 Å². The number of carbonyl (C=O) groups is 1. The van der Waals surface area contributed by atoms with Gasteiger partial charge in [-0.2, -0.15) is 0 Å². The number of methoxy groups -OCH3 is 1. The van der Waals surface area contributed by atoms with Crippen molar-refractivity contribution in [2.24, 2.45) is 0 Å². The van der Waals surface area contributed by atoms with Gasteiger partial charge in [0.2, 0.25) is 15.7 Å². The van der Waals surface area contributed by atoms with Crippen LogP contribution in [0.4, 0.5) is 5.69 Å². The summed E-state index contributed by atoms with van der Waals surface area (Å²) in [5.74, 6) is 0.457. The Balaban J connectivity index is 1.85. The molecule has 4 rings (SSSR count). The molecule has 2 heterocycles. The summed E-state index contributed by atoms with van der Waals surface area (Å²) in [5, 5.41) is 4.37. The molecular weight excluding hydrogens is 434 g/mol. The lowest BCUT2D eigenvalue weighted by Gasteiger charge is -2.26. The fourth-order valence-electron chi connectivity index (χ4n) is 3.64. The third kappa shape index (κ3) is 3.84. The van der Waals surface area contributed by atoms with Crippen LogP contribution in [-0.4, -0.2) is 28.0 Å². The minimum Gasteiger partial charge on any atom is -0.493 e. The van der Waals surface area contributed by atoms with Gasteiger partial charge >= 0.3 is 0 Å². The summed E-state index contributed by atoms with van der Waals surface area (Å²) in [4.78, 5) is 13.7. The van der Waals surface area contributed by atoms with Crippen molar-refractivity contribution >= 4 is 32.8 Å². The van der Waals surface area contributed by atoms with Crippen LogP contribution in [0.3, 0.4) is 0 Å². The summed E-state index contributed by atoms with van der Waals surface area (Å²) in [6.45, 7) is 3.96. The van der Waals surface area contributed by atoms with Crippen LogP contribution in [0, 0.1) is 0 Å². The molecule has 0 bridgehead atoms. The Labute approximate surface area is 185 Å². The van der Waals surface area contributed by atoms with Crippen molar-refractivity contribution in [1.82, 2.24) is 0 Å². The van der Waals surface area contributed by atoms with Crippen molar-refractivity contribution in [3.05, 3.63) is 77.0 Å². The number of anilines is 1. The van der Waals surface area contributed by atoms with Gasteiger partial charge in [-0.25, -0.2) is 8.42 Å². The summed E-state index contributed by atoms with van der Waals surface area (Å²) < 4.78 is 37.8. The van der Waals surface area contributed by atoms with E-state index in [-0.39, 0.29) is 34.6 Å². The number of benzene rings is 2. The number of carbonyl (C=O) groups excluding carboxylic acids is 1. The molecule has 0 fully saturated rings. The second-order valence-corrected chi connectivity index (χ2v) is 9.77. The van der Waals surface area contributed by atoms with E-state index < -0.39 is 9.84 Å². The van der Waals surface area contributed by atoms with Gasteiger partial charge in [-0.15, -0.1) is 11.3 Å². The second kappa shape index (κ2) is 8.56. The van der Waals surface area contributed by atoms with Crippen molar-refractivity contribution < 1.29 is 22.7 Å². The second-order valence-electron chi connectivity index (χ2n) is 6.94. The number of rotatable bonds is 7. The molecule has 8 heteroatoms. The number of hydrogen-bond acceptors (Lipinski definition) is 6. The van der Waals surface area contributed by atoms with E-state index in [4.69, 9.17) is 9.47 Å². The van der Waals surface area contributed by atoms with Crippen LogP contribution in [0.1, 0.15) is 22.8 Å². The number of nitrogens with one attached hydrogen (secondary N) is 1. The van der Waals surface area contributed by atoms with Crippen molar-refractivity contribution in [3.8, 4) is 11.5 Å². The molecule has 1 aromatic heterocycles. The molecule has 0 saturated heterocycles. The predicted molar refractivity (Wildman–Crippen MR) is 120 cm³/mol. The van der Waals surface area contributed by atoms with E-state index in [0.29, 0.717) is 17.2 Å². The van der Waals surface area contributed by atoms with Gasteiger partial charge in [-0.05, 0) is 18.2 Å². The zero-order valence-corrected chi connectivity index (χ0v) is 18.5. The molecule has 0 saturated carbocycles. The Kier molecular flexibility index (Phi) is 5.84. The number of amides is 1. The molecule has 6 nitrogen and oxygen atoms in total. The van der Waals surface area contributed by atoms with E-state index in [0.717, 1.165) is 10.4 Å². The highest BCUT2D eigenvalue weighted by Crippen LogP contribution is 2.49. The number of hydrogen-bond donors (Lipinski definition) is 1. The highest BCUT2D eigenvalue weighted by atomic mass is 32.2. The van der Waals surface area contributed by atoms with Gasteiger partial charge in [0, 0.05) is 28.2 Å². The Morgan fingerprint density at radius 2 is 1.97 bits per heavy atom. The first kappa shape index (κ1) is 21.1. The molecule has 1 amide bonds. The Morgan fingerprint density at radius 1 is 1.19 bits per heavy atom. The fraction of sp³-hybridized carbons (Fsp3) is 0.174. The lowest BCUT2D eigenvalue weighted by atomic mass is 9.89. The van der Waals surface area contributed by atoms with Crippen LogP contribution in [0.5, 0.6) is 11.5 Å². The number of thiophene rings is 1. The van der Waals surface area contributed by atoms with Crippen LogP contribution in [-0.2, 0) is 14.6 Å². The van der Waals surface area contributed by atoms with Gasteiger partial charge in [-0.3, -0.25) is 4.79 Å². The maximum atomic E-state index is 13.2. The molecule has 160 valence electrons. The third-order valence-corrected chi connectivity index (χ3v) is 8.09. The summed E-state index contributed by atoms with van der Waals surface area (Å²) in [6.07, 6.45) is 1.81. The molecule has 31 heavy (non-hydrogen) atoms. The quantitative estimate of drug-likeness (QED) is 0.526. The van der Waals surface area contributed by atoms with Crippen LogP contribution < -0.4 is 14.8 Å². The summed E-state index contributed by atoms with van der Waals surface area (Å²) >= 11 is 1.31. The van der Waals surface area contributed by atoms with E-state index in [1.807, 2.05) is 12.1 Å². The molecule has 0 radical (unpaired) electrons. The van der Waals surface area contributed by atoms with Crippen LogP contribution in [0.2, 0.25) is 0 Å². The third-order valence-electron chi connectivity index (χ3n) is 5.05. The lowest BCUT2D eigenvalue weighted by molar-refractivity contribution is -0.116. The number of sulfone groups is 1. The van der Waals surface area contributed by atoms with Crippen LogP contribution in [0.15, 0.2) is 76.4 Å². The standard InChI is InChI=1S/C23H21NO5S2/c1-3-12-29-22-16(10-7-11-18(22)28-2)17-13-20(25)24-21-19(14-30-23(17)21)31(26,27)15-8-5-4-6-9-15/h3-11,14,17H,1,12-13H2,2H3,(H,24,25)/t17-/m1/s1. The zero-order valence-electron chi connectivity index (χ0n) is 16.8. The van der Waals surface area contributed by atoms with Crippen molar-refractivity contribution in [3.63, 3.8) is 0 Å². The summed E-state index contributed by atoms with van der Waals surface area (Å²) in [6, 6.07) is 13.7. The average Bonchev–Trinajstić information content (AvgIpc) is 3.22. The first-order chi connectivity index (χ1) is 15.0. The Hall–Kier alpha value is -3.10. The molecule has 3 aromatic rings. The maximum absolute atomic E-state index is 13.2. The molecule has 0 unspecified atom stereocenters. The first-order valence-corrected chi connectivity index (χ1v) is 12.0. The van der Waals surface area contributed by atoms with Gasteiger partial charge < -0.3 is 14.8 Å². The van der Waals surface area contributed by atoms with E-state index in [9.17, 15) is 13.2 Å². The highest BCUT2D eigenvalue weighted by Gasteiger charge is 2.36. The molecule has 0 aliphatic carbocycles. The molecule has 1 aliphatic rings. The normalized spacial score (nSPS) is 15.6. The Morgan fingerprint density at radius 3 is 2.68 bits per heavy atom. The van der Waals surface area contributed by atoms with Crippen molar-refractivity contribution in [1.29, 1.82) is 0 Å². The minimum atomic E-state index is -3.78. The molecule has 1 atom stereocenters. The first-order valence-electron chi connectivity index (χ1n) is 9.59. The van der Waals surface area contributed by atoms with Crippen molar-refractivity contribution in [2.45, 2.75) is 22.1 Å². The van der Waals surface area contributed by atoms with E-state index >= 15 is 0 Å². The van der Waals surface area contributed by atoms with Crippen LogP contribution >= 0.6 is 11.3 Å². The number of ether oxygens (including phenoxy) is 2. The number of para-hydroxylation sites is 1. The smallest absolute Gasteiger partial charge is 0.225 e. The molecular formula is C23H21NO5S2. The molecule has 1 N–H and O–H groups in total. The van der Waals surface area contributed by atoms with Crippen molar-refractivity contribution in [2.75, 3.05) is 19.0 Å². The fourth-order valence-corrected chi connectivity index (χ4v) is 6.56. The molecule has 1 aliphatic heterocycles. The van der Waals surface area contributed by atoms with Gasteiger partial charge in [0.15, 0.2) is 11.5 Å². The Bertz CT molecular complexity index is 1230. The minimum absolute atomic E-state index is 0.105. The van der Waals surface area contributed by atoms with E-state index in [1.54, 1.807) is 55.0 Å². The van der Waals surface area contributed by atoms with Gasteiger partial charge in [0.05, 0.1) is 17.7 Å². The van der Waals surface area contributed by atoms with Gasteiger partial charge in [0.1, 0.15) is 11.5 Å². The zero-order chi connectivity index (χ0) is 22.0. The van der Waals surface area contributed by atoms with Crippen LogP contribution in [0.25, 0.3) is 0 Å². The lowest BCUT2D eigenvalue weighted by Crippen LogP contribution is -2.24. The largest absolute Gasteiger partial charge is 0.493 e. The summed E-state index contributed by atoms with van der Waals surface area (Å²) in [5.41, 5.74) is 1.11. The van der Waals surface area contributed by atoms with Gasteiger partial charge in [0.25, 0.3) is 0 Å². The van der Waals surface area contributed by atoms with E-state index in [1.165, 1.54) is 11.3 Å². The molecule has 0 spiro atoms. The maximum Gasteiger partial charge on any atom is 0.225 e. The average molecular weight is 456 g/mol.